The van der Waals surface area contributed by atoms with Crippen molar-refractivity contribution in [2.75, 3.05) is 19.0 Å². The minimum atomic E-state index is 0.0566. The van der Waals surface area contributed by atoms with Gasteiger partial charge in [-0.05, 0) is 43.3 Å². The van der Waals surface area contributed by atoms with Crippen molar-refractivity contribution in [2.24, 2.45) is 0 Å². The molecule has 0 spiro atoms. The van der Waals surface area contributed by atoms with Gasteiger partial charge in [0.1, 0.15) is 11.5 Å². The second-order valence-corrected chi connectivity index (χ2v) is 4.57. The van der Waals surface area contributed by atoms with Crippen LogP contribution in [0.25, 0.3) is 0 Å². The Morgan fingerprint density at radius 3 is 2.26 bits per heavy atom. The molecule has 2 aromatic carbocycles. The maximum atomic E-state index is 11.2. The average Bonchev–Trinajstić information content (AvgIpc) is 2.39. The third-order valence-corrected chi connectivity index (χ3v) is 2.83. The number of anilines is 1. The lowest BCUT2D eigenvalue weighted by atomic mass is 10.1. The van der Waals surface area contributed by atoms with Gasteiger partial charge in [0, 0.05) is 31.4 Å². The molecule has 0 N–H and O–H groups in total. The zero-order valence-electron chi connectivity index (χ0n) is 11.4. The standard InChI is InChI=1S/C16H17NO2/c1-12(18)13-7-9-15(10-8-13)19-16-6-4-5-14(11-16)17(2)3/h4-11H,1-3H3. The van der Waals surface area contributed by atoms with E-state index in [1.807, 2.05) is 43.3 Å². The summed E-state index contributed by atoms with van der Waals surface area (Å²) in [5.74, 6) is 1.56. The monoisotopic (exact) mass is 255 g/mol. The summed E-state index contributed by atoms with van der Waals surface area (Å²) in [7, 11) is 3.97. The first-order valence-corrected chi connectivity index (χ1v) is 6.12. The summed E-state index contributed by atoms with van der Waals surface area (Å²) in [5.41, 5.74) is 1.77. The number of nitrogens with zero attached hydrogens (tertiary/aromatic N) is 1. The van der Waals surface area contributed by atoms with Crippen LogP contribution >= 0.6 is 0 Å². The highest BCUT2D eigenvalue weighted by molar-refractivity contribution is 5.94. The van der Waals surface area contributed by atoms with Crippen molar-refractivity contribution >= 4 is 11.5 Å². The first-order chi connectivity index (χ1) is 9.06. The predicted molar refractivity (Wildman–Crippen MR) is 77.3 cm³/mol. The summed E-state index contributed by atoms with van der Waals surface area (Å²) in [6.45, 7) is 1.55. The van der Waals surface area contributed by atoms with Gasteiger partial charge in [-0.3, -0.25) is 4.79 Å². The van der Waals surface area contributed by atoms with E-state index in [0.717, 1.165) is 17.2 Å². The van der Waals surface area contributed by atoms with Gasteiger partial charge in [0.2, 0.25) is 0 Å². The van der Waals surface area contributed by atoms with E-state index in [4.69, 9.17) is 4.74 Å². The largest absolute Gasteiger partial charge is 0.457 e. The maximum Gasteiger partial charge on any atom is 0.159 e. The molecule has 2 aromatic rings. The first kappa shape index (κ1) is 13.1. The van der Waals surface area contributed by atoms with Gasteiger partial charge in [-0.25, -0.2) is 0 Å². The molecule has 19 heavy (non-hydrogen) atoms. The molecule has 98 valence electrons. The third-order valence-electron chi connectivity index (χ3n) is 2.83. The van der Waals surface area contributed by atoms with Gasteiger partial charge in [0.15, 0.2) is 5.78 Å². The lowest BCUT2D eigenvalue weighted by molar-refractivity contribution is 0.101. The SMILES string of the molecule is CC(=O)c1ccc(Oc2cccc(N(C)C)c2)cc1. The molecule has 0 bridgehead atoms. The summed E-state index contributed by atoms with van der Waals surface area (Å²) >= 11 is 0. The van der Waals surface area contributed by atoms with Gasteiger partial charge in [-0.15, -0.1) is 0 Å². The summed E-state index contributed by atoms with van der Waals surface area (Å²) in [6, 6.07) is 15.0. The molecule has 0 fully saturated rings. The average molecular weight is 255 g/mol. The van der Waals surface area contributed by atoms with E-state index in [0.29, 0.717) is 5.56 Å². The van der Waals surface area contributed by atoms with Crippen molar-refractivity contribution in [3.8, 4) is 11.5 Å². The molecular formula is C16H17NO2. The van der Waals surface area contributed by atoms with Crippen LogP contribution in [-0.2, 0) is 0 Å². The fourth-order valence-electron chi connectivity index (χ4n) is 1.72. The van der Waals surface area contributed by atoms with Gasteiger partial charge < -0.3 is 9.64 Å². The van der Waals surface area contributed by atoms with Crippen molar-refractivity contribution < 1.29 is 9.53 Å². The van der Waals surface area contributed by atoms with Gasteiger partial charge in [-0.1, -0.05) is 6.07 Å². The van der Waals surface area contributed by atoms with Crippen LogP contribution in [0.4, 0.5) is 5.69 Å². The van der Waals surface area contributed by atoms with Gasteiger partial charge >= 0.3 is 0 Å². The van der Waals surface area contributed by atoms with Crippen LogP contribution in [0.15, 0.2) is 48.5 Å². The van der Waals surface area contributed by atoms with E-state index < -0.39 is 0 Å². The van der Waals surface area contributed by atoms with Crippen LogP contribution in [-0.4, -0.2) is 19.9 Å². The Morgan fingerprint density at radius 1 is 1.00 bits per heavy atom. The number of rotatable bonds is 4. The molecule has 2 rings (SSSR count). The van der Waals surface area contributed by atoms with Crippen LogP contribution in [0.5, 0.6) is 11.5 Å². The van der Waals surface area contributed by atoms with Crippen LogP contribution < -0.4 is 9.64 Å². The van der Waals surface area contributed by atoms with Crippen molar-refractivity contribution in [2.45, 2.75) is 6.92 Å². The van der Waals surface area contributed by atoms with E-state index >= 15 is 0 Å². The van der Waals surface area contributed by atoms with Crippen molar-refractivity contribution in [1.82, 2.24) is 0 Å². The van der Waals surface area contributed by atoms with E-state index in [1.54, 1.807) is 31.2 Å². The maximum absolute atomic E-state index is 11.2. The molecule has 0 unspecified atom stereocenters. The lowest BCUT2D eigenvalue weighted by Crippen LogP contribution is -2.08. The summed E-state index contributed by atoms with van der Waals surface area (Å²) in [5, 5.41) is 0. The predicted octanol–water partition coefficient (Wildman–Crippen LogP) is 3.75. The number of carbonyl (C=O) groups is 1. The normalized spacial score (nSPS) is 10.1. The highest BCUT2D eigenvalue weighted by Crippen LogP contribution is 2.25. The van der Waals surface area contributed by atoms with Crippen LogP contribution in [0.1, 0.15) is 17.3 Å². The van der Waals surface area contributed by atoms with Crippen molar-refractivity contribution in [1.29, 1.82) is 0 Å². The topological polar surface area (TPSA) is 29.5 Å². The Kier molecular flexibility index (Phi) is 3.85. The molecule has 0 aromatic heterocycles. The van der Waals surface area contributed by atoms with Crippen LogP contribution in [0.2, 0.25) is 0 Å². The smallest absolute Gasteiger partial charge is 0.159 e. The summed E-state index contributed by atoms with van der Waals surface area (Å²) in [6.07, 6.45) is 0. The molecule has 0 aliphatic rings. The molecule has 0 heterocycles. The Balaban J connectivity index is 2.16. The number of ether oxygens (including phenoxy) is 1. The molecule has 0 saturated heterocycles. The number of hydrogen-bond donors (Lipinski definition) is 0. The van der Waals surface area contributed by atoms with E-state index in [1.165, 1.54) is 0 Å². The van der Waals surface area contributed by atoms with E-state index in [2.05, 4.69) is 0 Å². The molecule has 0 radical (unpaired) electrons. The number of benzene rings is 2. The fourth-order valence-corrected chi connectivity index (χ4v) is 1.72. The molecular weight excluding hydrogens is 238 g/mol. The Bertz CT molecular complexity index is 574. The van der Waals surface area contributed by atoms with Gasteiger partial charge in [0.05, 0.1) is 0 Å². The second-order valence-electron chi connectivity index (χ2n) is 4.57. The Morgan fingerprint density at radius 2 is 1.68 bits per heavy atom. The number of Topliss-reactive ketones (excluding diaryl/α,β-unsaturated/α-hetero) is 1. The minimum Gasteiger partial charge on any atom is -0.457 e. The molecule has 3 heteroatoms. The Hall–Kier alpha value is -2.29. The first-order valence-electron chi connectivity index (χ1n) is 6.12. The molecule has 0 aliphatic carbocycles. The highest BCUT2D eigenvalue weighted by atomic mass is 16.5. The quantitative estimate of drug-likeness (QED) is 0.779. The molecule has 0 amide bonds. The third kappa shape index (κ3) is 3.35. The minimum absolute atomic E-state index is 0.0566. The zero-order chi connectivity index (χ0) is 13.8. The van der Waals surface area contributed by atoms with Crippen molar-refractivity contribution in [3.63, 3.8) is 0 Å². The molecule has 3 nitrogen and oxygen atoms in total. The number of carbonyl (C=O) groups excluding carboxylic acids is 1. The Labute approximate surface area is 113 Å². The van der Waals surface area contributed by atoms with Gasteiger partial charge in [-0.2, -0.15) is 0 Å². The molecule has 0 aliphatic heterocycles. The van der Waals surface area contributed by atoms with Gasteiger partial charge in [0.25, 0.3) is 0 Å². The lowest BCUT2D eigenvalue weighted by Gasteiger charge is -2.14. The summed E-state index contributed by atoms with van der Waals surface area (Å²) < 4.78 is 5.77. The number of hydrogen-bond acceptors (Lipinski definition) is 3. The molecule has 0 saturated carbocycles. The van der Waals surface area contributed by atoms with Crippen LogP contribution in [0, 0.1) is 0 Å². The summed E-state index contributed by atoms with van der Waals surface area (Å²) in [4.78, 5) is 13.2. The molecule has 0 atom stereocenters. The fraction of sp³-hybridized carbons (Fsp3) is 0.188. The zero-order valence-corrected chi connectivity index (χ0v) is 11.4. The number of ketones is 1. The van der Waals surface area contributed by atoms with Crippen molar-refractivity contribution in [3.05, 3.63) is 54.1 Å². The second kappa shape index (κ2) is 5.57. The highest BCUT2D eigenvalue weighted by Gasteiger charge is 2.02. The van der Waals surface area contributed by atoms with E-state index in [-0.39, 0.29) is 5.78 Å². The van der Waals surface area contributed by atoms with Crippen LogP contribution in [0.3, 0.4) is 0 Å². The van der Waals surface area contributed by atoms with E-state index in [9.17, 15) is 4.79 Å².